The Hall–Kier alpha value is -3.06. The predicted molar refractivity (Wildman–Crippen MR) is 93.0 cm³/mol. The van der Waals surface area contributed by atoms with Gasteiger partial charge in [0.25, 0.3) is 11.1 Å². The third-order valence-electron chi connectivity index (χ3n) is 3.58. The van der Waals surface area contributed by atoms with Gasteiger partial charge in [0.05, 0.1) is 4.91 Å². The molecule has 118 valence electrons. The zero-order valence-electron chi connectivity index (χ0n) is 12.3. The number of imide groups is 1. The first-order valence-electron chi connectivity index (χ1n) is 7.08. The quantitative estimate of drug-likeness (QED) is 0.549. The van der Waals surface area contributed by atoms with Crippen molar-refractivity contribution in [2.75, 3.05) is 5.73 Å². The van der Waals surface area contributed by atoms with Crippen LogP contribution < -0.4 is 11.1 Å². The highest BCUT2D eigenvalue weighted by Gasteiger charge is 2.25. The standard InChI is InChI=1S/C17H11N3O3S/c18-11-3-1-9(2-4-11)13-8-19-7-10-5-12(23-15(10)13)6-14-16(21)20-17(22)24-14/h1-8H,18H2,(H,20,21,22)/b14-6-. The van der Waals surface area contributed by atoms with Gasteiger partial charge in [-0.3, -0.25) is 19.9 Å². The van der Waals surface area contributed by atoms with Crippen molar-refractivity contribution in [1.29, 1.82) is 0 Å². The van der Waals surface area contributed by atoms with Gasteiger partial charge < -0.3 is 10.2 Å². The molecule has 0 unspecified atom stereocenters. The number of hydrogen-bond acceptors (Lipinski definition) is 6. The van der Waals surface area contributed by atoms with Crippen LogP contribution in [0.2, 0.25) is 0 Å². The van der Waals surface area contributed by atoms with E-state index in [1.807, 2.05) is 24.3 Å². The summed E-state index contributed by atoms with van der Waals surface area (Å²) in [7, 11) is 0. The monoisotopic (exact) mass is 337 g/mol. The zero-order valence-corrected chi connectivity index (χ0v) is 13.1. The highest BCUT2D eigenvalue weighted by Crippen LogP contribution is 2.32. The number of hydrogen-bond donors (Lipinski definition) is 2. The largest absolute Gasteiger partial charge is 0.456 e. The highest BCUT2D eigenvalue weighted by molar-refractivity contribution is 8.18. The van der Waals surface area contributed by atoms with Gasteiger partial charge in [0.1, 0.15) is 11.3 Å². The first kappa shape index (κ1) is 14.5. The van der Waals surface area contributed by atoms with Crippen LogP contribution in [0, 0.1) is 0 Å². The van der Waals surface area contributed by atoms with Crippen LogP contribution in [0.5, 0.6) is 0 Å². The maximum Gasteiger partial charge on any atom is 0.290 e. The van der Waals surface area contributed by atoms with Crippen molar-refractivity contribution < 1.29 is 14.0 Å². The second-order valence-corrected chi connectivity index (χ2v) is 6.24. The molecule has 0 aliphatic carbocycles. The summed E-state index contributed by atoms with van der Waals surface area (Å²) in [6, 6.07) is 9.19. The van der Waals surface area contributed by atoms with Gasteiger partial charge in [-0.25, -0.2) is 0 Å². The summed E-state index contributed by atoms with van der Waals surface area (Å²) in [6.45, 7) is 0. The number of nitrogens with two attached hydrogens (primary N) is 1. The smallest absolute Gasteiger partial charge is 0.290 e. The number of rotatable bonds is 2. The minimum absolute atomic E-state index is 0.307. The van der Waals surface area contributed by atoms with Crippen LogP contribution in [0.4, 0.5) is 10.5 Å². The zero-order chi connectivity index (χ0) is 16.7. The van der Waals surface area contributed by atoms with E-state index in [1.165, 1.54) is 0 Å². The number of nitrogens with one attached hydrogen (secondary N) is 1. The van der Waals surface area contributed by atoms with E-state index >= 15 is 0 Å². The van der Waals surface area contributed by atoms with Crippen LogP contribution in [0.25, 0.3) is 28.2 Å². The number of carbonyl (C=O) groups is 2. The van der Waals surface area contributed by atoms with Crippen molar-refractivity contribution in [3.8, 4) is 11.1 Å². The molecule has 2 amide bonds. The van der Waals surface area contributed by atoms with Crippen molar-refractivity contribution >= 4 is 45.6 Å². The lowest BCUT2D eigenvalue weighted by atomic mass is 10.1. The molecular formula is C17H11N3O3S. The second-order valence-electron chi connectivity index (χ2n) is 5.23. The topological polar surface area (TPSA) is 98.2 Å². The van der Waals surface area contributed by atoms with Crippen LogP contribution in [0.15, 0.2) is 52.0 Å². The molecule has 0 radical (unpaired) electrons. The third kappa shape index (κ3) is 2.55. The molecule has 3 heterocycles. The van der Waals surface area contributed by atoms with Gasteiger partial charge in [0.15, 0.2) is 0 Å². The molecule has 1 fully saturated rings. The van der Waals surface area contributed by atoms with Gasteiger partial charge >= 0.3 is 0 Å². The van der Waals surface area contributed by atoms with E-state index in [0.29, 0.717) is 21.9 Å². The van der Waals surface area contributed by atoms with E-state index in [-0.39, 0.29) is 5.24 Å². The van der Waals surface area contributed by atoms with Gasteiger partial charge in [0.2, 0.25) is 0 Å². The Bertz CT molecular complexity index is 1010. The molecule has 2 aromatic heterocycles. The molecule has 0 spiro atoms. The van der Waals surface area contributed by atoms with Gasteiger partial charge in [-0.15, -0.1) is 0 Å². The van der Waals surface area contributed by atoms with E-state index < -0.39 is 5.91 Å². The first-order chi connectivity index (χ1) is 11.6. The summed E-state index contributed by atoms with van der Waals surface area (Å²) in [6.07, 6.45) is 4.96. The van der Waals surface area contributed by atoms with Gasteiger partial charge in [0, 0.05) is 35.1 Å². The van der Waals surface area contributed by atoms with E-state index in [4.69, 9.17) is 10.2 Å². The number of aromatic nitrogens is 1. The molecule has 3 aromatic rings. The third-order valence-corrected chi connectivity index (χ3v) is 4.39. The minimum Gasteiger partial charge on any atom is -0.456 e. The molecule has 0 atom stereocenters. The summed E-state index contributed by atoms with van der Waals surface area (Å²) < 4.78 is 5.88. The van der Waals surface area contributed by atoms with E-state index in [1.54, 1.807) is 24.5 Å². The number of thioether (sulfide) groups is 1. The Kier molecular flexibility index (Phi) is 3.35. The van der Waals surface area contributed by atoms with Crippen LogP contribution in [0.3, 0.4) is 0 Å². The number of furan rings is 1. The minimum atomic E-state index is -0.415. The lowest BCUT2D eigenvalue weighted by Crippen LogP contribution is -2.17. The van der Waals surface area contributed by atoms with Crippen molar-refractivity contribution in [3.05, 3.63) is 53.4 Å². The van der Waals surface area contributed by atoms with Crippen molar-refractivity contribution in [3.63, 3.8) is 0 Å². The predicted octanol–water partition coefficient (Wildman–Crippen LogP) is 3.40. The highest BCUT2D eigenvalue weighted by atomic mass is 32.2. The molecule has 3 N–H and O–H groups in total. The Morgan fingerprint density at radius 2 is 1.96 bits per heavy atom. The summed E-state index contributed by atoms with van der Waals surface area (Å²) in [5.74, 6) is 0.0735. The number of nitrogens with zero attached hydrogens (tertiary/aromatic N) is 1. The Balaban J connectivity index is 1.80. The number of amides is 2. The number of fused-ring (bicyclic) bond motifs is 1. The fraction of sp³-hybridized carbons (Fsp3) is 0. The normalized spacial score (nSPS) is 16.1. The Morgan fingerprint density at radius 1 is 1.17 bits per heavy atom. The van der Waals surface area contributed by atoms with Gasteiger partial charge in [-0.1, -0.05) is 12.1 Å². The Morgan fingerprint density at radius 3 is 2.67 bits per heavy atom. The number of nitrogen functional groups attached to an aromatic ring is 1. The fourth-order valence-electron chi connectivity index (χ4n) is 2.47. The van der Waals surface area contributed by atoms with Crippen molar-refractivity contribution in [2.24, 2.45) is 0 Å². The molecule has 0 bridgehead atoms. The summed E-state index contributed by atoms with van der Waals surface area (Å²) in [5, 5.41) is 2.64. The number of carbonyl (C=O) groups excluding carboxylic acids is 2. The summed E-state index contributed by atoms with van der Waals surface area (Å²) in [5.41, 5.74) is 8.82. The fourth-order valence-corrected chi connectivity index (χ4v) is 3.13. The number of pyridine rings is 1. The maximum atomic E-state index is 11.6. The molecule has 24 heavy (non-hydrogen) atoms. The van der Waals surface area contributed by atoms with E-state index in [2.05, 4.69) is 10.3 Å². The van der Waals surface area contributed by atoms with Crippen LogP contribution in [-0.2, 0) is 4.79 Å². The van der Waals surface area contributed by atoms with Gasteiger partial charge in [-0.2, -0.15) is 0 Å². The van der Waals surface area contributed by atoms with Gasteiger partial charge in [-0.05, 0) is 35.5 Å². The first-order valence-corrected chi connectivity index (χ1v) is 7.90. The number of benzene rings is 1. The maximum absolute atomic E-state index is 11.6. The van der Waals surface area contributed by atoms with Crippen molar-refractivity contribution in [2.45, 2.75) is 0 Å². The van der Waals surface area contributed by atoms with E-state index in [9.17, 15) is 9.59 Å². The molecular weight excluding hydrogens is 326 g/mol. The van der Waals surface area contributed by atoms with Crippen molar-refractivity contribution in [1.82, 2.24) is 10.3 Å². The molecule has 1 aliphatic heterocycles. The average Bonchev–Trinajstić information content (AvgIpc) is 3.10. The SMILES string of the molecule is Nc1ccc(-c2cncc3cc(/C=C4\SC(=O)NC4=O)oc23)cc1. The summed E-state index contributed by atoms with van der Waals surface area (Å²) >= 11 is 0.853. The second kappa shape index (κ2) is 5.54. The molecule has 4 rings (SSSR count). The molecule has 7 heteroatoms. The lowest BCUT2D eigenvalue weighted by molar-refractivity contribution is -0.115. The molecule has 0 saturated carbocycles. The average molecular weight is 337 g/mol. The summed E-state index contributed by atoms with van der Waals surface area (Å²) in [4.78, 5) is 27.4. The van der Waals surface area contributed by atoms with E-state index in [0.717, 1.165) is 28.3 Å². The van der Waals surface area contributed by atoms with Crippen LogP contribution in [0.1, 0.15) is 5.76 Å². The number of anilines is 1. The molecule has 1 aliphatic rings. The van der Waals surface area contributed by atoms with Crippen LogP contribution in [-0.4, -0.2) is 16.1 Å². The molecule has 1 saturated heterocycles. The molecule has 1 aromatic carbocycles. The molecule has 6 nitrogen and oxygen atoms in total. The Labute approximate surface area is 140 Å². The van der Waals surface area contributed by atoms with Crippen LogP contribution >= 0.6 is 11.8 Å². The lowest BCUT2D eigenvalue weighted by Gasteiger charge is -2.02.